The molecule has 15 heavy (non-hydrogen) atoms. The molecule has 2 heteroatoms. The summed E-state index contributed by atoms with van der Waals surface area (Å²) in [5, 5.41) is 11.0. The maximum absolute atomic E-state index is 9.67. The normalized spacial score (nSPS) is 18.8. The van der Waals surface area contributed by atoms with Crippen molar-refractivity contribution >= 4 is 0 Å². The van der Waals surface area contributed by atoms with Crippen molar-refractivity contribution in [2.24, 2.45) is 5.92 Å². The number of rotatable bonds is 3. The topological polar surface area (TPSA) is 23.5 Å². The lowest BCUT2D eigenvalue weighted by Crippen LogP contribution is -2.13. The lowest BCUT2D eigenvalue weighted by molar-refractivity contribution is -0.0407. The summed E-state index contributed by atoms with van der Waals surface area (Å²) in [4.78, 5) is 0. The first-order valence-electron chi connectivity index (χ1n) is 5.56. The predicted octanol–water partition coefficient (Wildman–Crippen LogP) is 3.51. The van der Waals surface area contributed by atoms with Crippen LogP contribution >= 0.6 is 0 Å². The lowest BCUT2D eigenvalue weighted by atomic mass is 10.0. The van der Waals surface area contributed by atoms with Gasteiger partial charge < -0.3 is 0 Å². The minimum absolute atomic E-state index is 0.482. The van der Waals surface area contributed by atoms with E-state index >= 15 is 0 Å². The molecule has 0 spiro atoms. The van der Waals surface area contributed by atoms with Crippen molar-refractivity contribution in [3.8, 4) is 0 Å². The smallest absolute Gasteiger partial charge is 0.0626 e. The zero-order valence-corrected chi connectivity index (χ0v) is 10.1. The summed E-state index contributed by atoms with van der Waals surface area (Å²) in [7, 11) is 0. The molecule has 0 aromatic heterocycles. The van der Waals surface area contributed by atoms with Crippen LogP contribution in [0.2, 0.25) is 0 Å². The molecule has 0 saturated carbocycles. The zero-order valence-electron chi connectivity index (χ0n) is 10.1. The Labute approximate surface area is 92.6 Å². The van der Waals surface area contributed by atoms with Crippen LogP contribution in [-0.2, 0) is 0 Å². The first kappa shape index (κ1) is 12.1. The van der Waals surface area contributed by atoms with Crippen molar-refractivity contribution in [1.82, 2.24) is 5.06 Å². The van der Waals surface area contributed by atoms with Crippen LogP contribution in [-0.4, -0.2) is 16.8 Å². The van der Waals surface area contributed by atoms with Crippen LogP contribution in [0.3, 0.4) is 0 Å². The van der Waals surface area contributed by atoms with Gasteiger partial charge in [0.2, 0.25) is 0 Å². The van der Waals surface area contributed by atoms with Crippen molar-refractivity contribution in [1.29, 1.82) is 0 Å². The average molecular weight is 207 g/mol. The Balaban J connectivity index is 2.97. The minimum atomic E-state index is 0.482. The van der Waals surface area contributed by atoms with Crippen molar-refractivity contribution in [3.63, 3.8) is 0 Å². The fraction of sp³-hybridized carbons (Fsp3) is 0.538. The summed E-state index contributed by atoms with van der Waals surface area (Å²) in [5.41, 5.74) is 3.49. The lowest BCUT2D eigenvalue weighted by Gasteiger charge is -2.14. The molecule has 0 saturated heterocycles. The fourth-order valence-electron chi connectivity index (χ4n) is 1.70. The van der Waals surface area contributed by atoms with Gasteiger partial charge in [-0.1, -0.05) is 26.0 Å². The largest absolute Gasteiger partial charge is 0.288 e. The van der Waals surface area contributed by atoms with Crippen LogP contribution in [0.1, 0.15) is 34.1 Å². The van der Waals surface area contributed by atoms with Crippen molar-refractivity contribution in [2.45, 2.75) is 34.1 Å². The van der Waals surface area contributed by atoms with E-state index in [4.69, 9.17) is 0 Å². The van der Waals surface area contributed by atoms with Gasteiger partial charge >= 0.3 is 0 Å². The van der Waals surface area contributed by atoms with E-state index in [1.807, 2.05) is 13.0 Å². The summed E-state index contributed by atoms with van der Waals surface area (Å²) in [6.07, 6.45) is 7.20. The number of allylic oxidation sites excluding steroid dienone is 4. The Morgan fingerprint density at radius 3 is 2.53 bits per heavy atom. The Bertz CT molecular complexity index is 310. The Morgan fingerprint density at radius 2 is 2.13 bits per heavy atom. The molecule has 1 N–H and O–H groups in total. The molecule has 0 unspecified atom stereocenters. The van der Waals surface area contributed by atoms with Gasteiger partial charge in [0.1, 0.15) is 0 Å². The van der Waals surface area contributed by atoms with Crippen LogP contribution in [0.5, 0.6) is 0 Å². The number of hydrogen-bond donors (Lipinski definition) is 1. The van der Waals surface area contributed by atoms with Gasteiger partial charge in [-0.05, 0) is 43.4 Å². The van der Waals surface area contributed by atoms with Crippen LogP contribution in [0.4, 0.5) is 0 Å². The second kappa shape index (κ2) is 5.17. The van der Waals surface area contributed by atoms with E-state index in [0.717, 1.165) is 18.7 Å². The molecule has 2 nitrogen and oxygen atoms in total. The molecule has 1 rings (SSSR count). The van der Waals surface area contributed by atoms with Gasteiger partial charge in [-0.3, -0.25) is 10.3 Å². The van der Waals surface area contributed by atoms with Crippen molar-refractivity contribution in [2.75, 3.05) is 6.54 Å². The molecule has 1 heterocycles. The molecule has 0 atom stereocenters. The van der Waals surface area contributed by atoms with E-state index in [2.05, 4.69) is 32.9 Å². The highest BCUT2D eigenvalue weighted by Gasteiger charge is 2.16. The van der Waals surface area contributed by atoms with Crippen LogP contribution in [0.15, 0.2) is 35.1 Å². The van der Waals surface area contributed by atoms with E-state index in [1.165, 1.54) is 16.2 Å². The van der Waals surface area contributed by atoms with Gasteiger partial charge in [0.25, 0.3) is 0 Å². The van der Waals surface area contributed by atoms with Gasteiger partial charge in [-0.2, -0.15) is 0 Å². The molecule has 0 radical (unpaired) electrons. The third-order valence-corrected chi connectivity index (χ3v) is 2.74. The Morgan fingerprint density at radius 1 is 1.47 bits per heavy atom. The SMILES string of the molecule is C/C=C\C(=C/C1=C(C)CCN1O)C(C)C. The highest BCUT2D eigenvalue weighted by Crippen LogP contribution is 2.24. The molecule has 1 aliphatic heterocycles. The maximum atomic E-state index is 9.67. The third-order valence-electron chi connectivity index (χ3n) is 2.74. The van der Waals surface area contributed by atoms with E-state index in [9.17, 15) is 5.21 Å². The molecule has 0 aliphatic carbocycles. The molecule has 0 bridgehead atoms. The molecule has 0 fully saturated rings. The van der Waals surface area contributed by atoms with Gasteiger partial charge in [0.05, 0.1) is 5.70 Å². The highest BCUT2D eigenvalue weighted by molar-refractivity contribution is 5.34. The first-order valence-corrected chi connectivity index (χ1v) is 5.56. The van der Waals surface area contributed by atoms with E-state index in [1.54, 1.807) is 0 Å². The summed E-state index contributed by atoms with van der Waals surface area (Å²) in [5.74, 6) is 0.482. The minimum Gasteiger partial charge on any atom is -0.288 e. The molecule has 0 amide bonds. The van der Waals surface area contributed by atoms with Crippen molar-refractivity contribution < 1.29 is 5.21 Å². The van der Waals surface area contributed by atoms with Crippen LogP contribution in [0, 0.1) is 5.92 Å². The van der Waals surface area contributed by atoms with Gasteiger partial charge in [-0.15, -0.1) is 0 Å². The second-order valence-electron chi connectivity index (χ2n) is 4.34. The summed E-state index contributed by atoms with van der Waals surface area (Å²) >= 11 is 0. The number of hydroxylamine groups is 2. The van der Waals surface area contributed by atoms with Gasteiger partial charge in [0.15, 0.2) is 0 Å². The Hall–Kier alpha value is -1.02. The van der Waals surface area contributed by atoms with Gasteiger partial charge in [-0.25, -0.2) is 0 Å². The molecule has 0 aromatic carbocycles. The summed E-state index contributed by atoms with van der Waals surface area (Å²) in [6, 6.07) is 0. The van der Waals surface area contributed by atoms with Gasteiger partial charge in [0, 0.05) is 6.54 Å². The van der Waals surface area contributed by atoms with E-state index in [0.29, 0.717) is 5.92 Å². The standard InChI is InChI=1S/C13H21NO/c1-5-6-12(10(2)3)9-13-11(4)7-8-14(13)15/h5-6,9-10,15H,7-8H2,1-4H3/b6-5-,12-9+. The highest BCUT2D eigenvalue weighted by atomic mass is 16.5. The van der Waals surface area contributed by atoms with E-state index in [-0.39, 0.29) is 0 Å². The quantitative estimate of drug-likeness (QED) is 0.716. The van der Waals surface area contributed by atoms with Crippen LogP contribution in [0.25, 0.3) is 0 Å². The predicted molar refractivity (Wildman–Crippen MR) is 63.5 cm³/mol. The molecule has 84 valence electrons. The average Bonchev–Trinajstić information content (AvgIpc) is 2.48. The maximum Gasteiger partial charge on any atom is 0.0626 e. The van der Waals surface area contributed by atoms with Crippen molar-refractivity contribution in [3.05, 3.63) is 35.1 Å². The monoisotopic (exact) mass is 207 g/mol. The molecule has 1 aliphatic rings. The molecular formula is C13H21NO. The molecule has 0 aromatic rings. The number of hydrogen-bond acceptors (Lipinski definition) is 2. The fourth-order valence-corrected chi connectivity index (χ4v) is 1.70. The summed E-state index contributed by atoms with van der Waals surface area (Å²) in [6.45, 7) is 9.15. The second-order valence-corrected chi connectivity index (χ2v) is 4.34. The summed E-state index contributed by atoms with van der Waals surface area (Å²) < 4.78 is 0. The van der Waals surface area contributed by atoms with Crippen LogP contribution < -0.4 is 0 Å². The van der Waals surface area contributed by atoms with E-state index < -0.39 is 0 Å². The third kappa shape index (κ3) is 2.96. The zero-order chi connectivity index (χ0) is 11.4. The first-order chi connectivity index (χ1) is 7.06. The molecular weight excluding hydrogens is 186 g/mol. The Kier molecular flexibility index (Phi) is 4.15. The number of nitrogens with zero attached hydrogens (tertiary/aromatic N) is 1.